The van der Waals surface area contributed by atoms with Gasteiger partial charge in [-0.3, -0.25) is 9.78 Å². The molecule has 0 saturated heterocycles. The van der Waals surface area contributed by atoms with E-state index in [4.69, 9.17) is 18.0 Å². The minimum Gasteiger partial charge on any atom is -0.389 e. The van der Waals surface area contributed by atoms with Gasteiger partial charge < -0.3 is 10.6 Å². The van der Waals surface area contributed by atoms with Crippen LogP contribution in [0.2, 0.25) is 0 Å². The van der Waals surface area contributed by atoms with Crippen LogP contribution in [0.4, 0.5) is 0 Å². The second-order valence-electron chi connectivity index (χ2n) is 4.14. The number of thiocarbonyl (C=S) groups is 1. The Morgan fingerprint density at radius 3 is 2.56 bits per heavy atom. The monoisotopic (exact) mass is 265 g/mol. The van der Waals surface area contributed by atoms with Gasteiger partial charge in [0.2, 0.25) is 0 Å². The zero-order valence-corrected chi connectivity index (χ0v) is 11.8. The summed E-state index contributed by atoms with van der Waals surface area (Å²) in [6, 6.07) is 3.61. The Labute approximate surface area is 113 Å². The Hall–Kier alpha value is -1.49. The molecule has 0 aliphatic heterocycles. The van der Waals surface area contributed by atoms with E-state index in [9.17, 15) is 4.79 Å². The molecule has 0 aliphatic rings. The fourth-order valence-electron chi connectivity index (χ4n) is 1.69. The Balaban J connectivity index is 2.92. The summed E-state index contributed by atoms with van der Waals surface area (Å²) in [4.78, 5) is 18.5. The lowest BCUT2D eigenvalue weighted by Crippen LogP contribution is -2.38. The third kappa shape index (κ3) is 3.26. The SMILES string of the molecule is CCC(C)N(CC)C(=O)c1ccc(C(N)=S)cn1. The van der Waals surface area contributed by atoms with Crippen LogP contribution in [-0.2, 0) is 0 Å². The highest BCUT2D eigenvalue weighted by Gasteiger charge is 2.19. The highest BCUT2D eigenvalue weighted by Crippen LogP contribution is 2.09. The van der Waals surface area contributed by atoms with E-state index in [2.05, 4.69) is 11.9 Å². The molecule has 4 nitrogen and oxygen atoms in total. The summed E-state index contributed by atoms with van der Waals surface area (Å²) in [7, 11) is 0. The lowest BCUT2D eigenvalue weighted by molar-refractivity contribution is 0.0694. The van der Waals surface area contributed by atoms with E-state index in [0.717, 1.165) is 6.42 Å². The van der Waals surface area contributed by atoms with E-state index >= 15 is 0 Å². The zero-order valence-electron chi connectivity index (χ0n) is 11.0. The Morgan fingerprint density at radius 2 is 2.17 bits per heavy atom. The average Bonchev–Trinajstić information content (AvgIpc) is 2.39. The summed E-state index contributed by atoms with van der Waals surface area (Å²) in [6.45, 7) is 6.73. The molecule has 18 heavy (non-hydrogen) atoms. The van der Waals surface area contributed by atoms with Gasteiger partial charge in [-0.15, -0.1) is 0 Å². The van der Waals surface area contributed by atoms with E-state index in [1.54, 1.807) is 18.3 Å². The van der Waals surface area contributed by atoms with E-state index in [-0.39, 0.29) is 16.9 Å². The molecule has 5 heteroatoms. The number of amides is 1. The Morgan fingerprint density at radius 1 is 1.50 bits per heavy atom. The number of carbonyl (C=O) groups is 1. The number of aromatic nitrogens is 1. The molecular weight excluding hydrogens is 246 g/mol. The molecule has 0 fully saturated rings. The first-order valence-corrected chi connectivity index (χ1v) is 6.48. The highest BCUT2D eigenvalue weighted by atomic mass is 32.1. The predicted molar refractivity (Wildman–Crippen MR) is 76.6 cm³/mol. The number of hydrogen-bond donors (Lipinski definition) is 1. The lowest BCUT2D eigenvalue weighted by atomic mass is 10.2. The summed E-state index contributed by atoms with van der Waals surface area (Å²) < 4.78 is 0. The fraction of sp³-hybridized carbons (Fsp3) is 0.462. The van der Waals surface area contributed by atoms with Crippen molar-refractivity contribution in [1.29, 1.82) is 0 Å². The van der Waals surface area contributed by atoms with Crippen molar-refractivity contribution < 1.29 is 4.79 Å². The topological polar surface area (TPSA) is 59.2 Å². The second kappa shape index (κ2) is 6.44. The number of nitrogens with zero attached hydrogens (tertiary/aromatic N) is 2. The molecule has 0 aromatic carbocycles. The number of pyridine rings is 1. The first-order chi connectivity index (χ1) is 8.51. The lowest BCUT2D eigenvalue weighted by Gasteiger charge is -2.26. The van der Waals surface area contributed by atoms with Crippen LogP contribution in [0.3, 0.4) is 0 Å². The van der Waals surface area contributed by atoms with E-state index in [1.807, 2.05) is 18.7 Å². The summed E-state index contributed by atoms with van der Waals surface area (Å²) in [6.07, 6.45) is 2.46. The van der Waals surface area contributed by atoms with Crippen LogP contribution < -0.4 is 5.73 Å². The van der Waals surface area contributed by atoms with Crippen molar-refractivity contribution in [2.24, 2.45) is 5.73 Å². The average molecular weight is 265 g/mol. The quantitative estimate of drug-likeness (QED) is 0.827. The molecule has 1 rings (SSSR count). The van der Waals surface area contributed by atoms with Crippen molar-refractivity contribution in [2.75, 3.05) is 6.54 Å². The minimum atomic E-state index is -0.0543. The van der Waals surface area contributed by atoms with Crippen LogP contribution in [0.15, 0.2) is 18.3 Å². The van der Waals surface area contributed by atoms with E-state index < -0.39 is 0 Å². The van der Waals surface area contributed by atoms with Crippen molar-refractivity contribution in [3.8, 4) is 0 Å². The van der Waals surface area contributed by atoms with Crippen LogP contribution in [0, 0.1) is 0 Å². The minimum absolute atomic E-state index is 0.0543. The Bertz CT molecular complexity index is 430. The molecule has 0 saturated carbocycles. The van der Waals surface area contributed by atoms with Crippen LogP contribution in [0.5, 0.6) is 0 Å². The smallest absolute Gasteiger partial charge is 0.272 e. The third-order valence-electron chi connectivity index (χ3n) is 2.99. The standard InChI is InChI=1S/C13H19N3OS/c1-4-9(3)16(5-2)13(17)11-7-6-10(8-15-11)12(14)18/h6-9H,4-5H2,1-3H3,(H2,14,18). The first kappa shape index (κ1) is 14.6. The maximum absolute atomic E-state index is 12.3. The van der Waals surface area contributed by atoms with E-state index in [1.165, 1.54) is 0 Å². The van der Waals surface area contributed by atoms with Crippen molar-refractivity contribution in [3.63, 3.8) is 0 Å². The van der Waals surface area contributed by atoms with Gasteiger partial charge in [0.25, 0.3) is 5.91 Å². The van der Waals surface area contributed by atoms with Gasteiger partial charge in [0.1, 0.15) is 10.7 Å². The van der Waals surface area contributed by atoms with Crippen LogP contribution in [0.25, 0.3) is 0 Å². The molecule has 1 heterocycles. The van der Waals surface area contributed by atoms with Crippen molar-refractivity contribution >= 4 is 23.1 Å². The van der Waals surface area contributed by atoms with Crippen LogP contribution >= 0.6 is 12.2 Å². The first-order valence-electron chi connectivity index (χ1n) is 6.08. The molecule has 0 bridgehead atoms. The van der Waals surface area contributed by atoms with Crippen molar-refractivity contribution in [2.45, 2.75) is 33.2 Å². The van der Waals surface area contributed by atoms with Gasteiger partial charge in [0.05, 0.1) is 0 Å². The number of nitrogens with two attached hydrogens (primary N) is 1. The second-order valence-corrected chi connectivity index (χ2v) is 4.58. The zero-order chi connectivity index (χ0) is 13.7. The van der Waals surface area contributed by atoms with Gasteiger partial charge in [-0.25, -0.2) is 0 Å². The molecule has 1 aromatic rings. The maximum Gasteiger partial charge on any atom is 0.272 e. The van der Waals surface area contributed by atoms with Gasteiger partial charge in [-0.2, -0.15) is 0 Å². The number of hydrogen-bond acceptors (Lipinski definition) is 3. The molecule has 1 atom stereocenters. The molecular formula is C13H19N3OS. The third-order valence-corrected chi connectivity index (χ3v) is 3.23. The van der Waals surface area contributed by atoms with Gasteiger partial charge in [0, 0.05) is 24.3 Å². The van der Waals surface area contributed by atoms with Gasteiger partial charge in [-0.1, -0.05) is 19.1 Å². The number of carbonyl (C=O) groups excluding carboxylic acids is 1. The maximum atomic E-state index is 12.3. The number of rotatable bonds is 5. The van der Waals surface area contributed by atoms with Gasteiger partial charge >= 0.3 is 0 Å². The fourth-order valence-corrected chi connectivity index (χ4v) is 1.81. The summed E-state index contributed by atoms with van der Waals surface area (Å²) in [5.74, 6) is -0.0543. The van der Waals surface area contributed by atoms with E-state index in [0.29, 0.717) is 17.8 Å². The van der Waals surface area contributed by atoms with Crippen molar-refractivity contribution in [1.82, 2.24) is 9.88 Å². The van der Waals surface area contributed by atoms with Gasteiger partial charge in [0.15, 0.2) is 0 Å². The molecule has 0 aliphatic carbocycles. The summed E-state index contributed by atoms with van der Waals surface area (Å²) >= 11 is 4.85. The summed E-state index contributed by atoms with van der Waals surface area (Å²) in [5, 5.41) is 0. The van der Waals surface area contributed by atoms with Crippen LogP contribution in [-0.4, -0.2) is 33.4 Å². The normalized spacial score (nSPS) is 11.9. The summed E-state index contributed by atoms with van der Waals surface area (Å²) in [5.41, 5.74) is 6.59. The largest absolute Gasteiger partial charge is 0.389 e. The molecule has 1 unspecified atom stereocenters. The molecule has 1 aromatic heterocycles. The van der Waals surface area contributed by atoms with Crippen molar-refractivity contribution in [3.05, 3.63) is 29.6 Å². The molecule has 2 N–H and O–H groups in total. The predicted octanol–water partition coefficient (Wildman–Crippen LogP) is 1.98. The molecule has 0 radical (unpaired) electrons. The highest BCUT2D eigenvalue weighted by molar-refractivity contribution is 7.80. The van der Waals surface area contributed by atoms with Gasteiger partial charge in [-0.05, 0) is 32.4 Å². The molecule has 0 spiro atoms. The Kier molecular flexibility index (Phi) is 5.22. The molecule has 1 amide bonds. The van der Waals surface area contributed by atoms with Crippen LogP contribution in [0.1, 0.15) is 43.2 Å². The molecule has 98 valence electrons.